The standard InChI is InChI=1S/C16H15ClN4O2/c1-10(2)19-16(23)11(9-18)15(22)13-7-8-21(20-13)14-6-4-3-5-12(14)17/h3-8,10-11H,1-2H3,(H,19,23). The first-order valence-corrected chi connectivity index (χ1v) is 7.36. The fourth-order valence-electron chi connectivity index (χ4n) is 1.98. The second-order valence-electron chi connectivity index (χ2n) is 5.19. The van der Waals surface area contributed by atoms with E-state index in [1.165, 1.54) is 10.7 Å². The Morgan fingerprint density at radius 1 is 1.30 bits per heavy atom. The van der Waals surface area contributed by atoms with Crippen LogP contribution >= 0.6 is 11.6 Å². The van der Waals surface area contributed by atoms with E-state index in [1.54, 1.807) is 50.4 Å². The Bertz CT molecular complexity index is 776. The lowest BCUT2D eigenvalue weighted by atomic mass is 10.0. The lowest BCUT2D eigenvalue weighted by Gasteiger charge is -2.11. The average Bonchev–Trinajstić information content (AvgIpc) is 2.97. The van der Waals surface area contributed by atoms with Gasteiger partial charge in [-0.3, -0.25) is 9.59 Å². The minimum absolute atomic E-state index is 0.0374. The Balaban J connectivity index is 2.26. The zero-order chi connectivity index (χ0) is 17.0. The molecule has 0 spiro atoms. The van der Waals surface area contributed by atoms with E-state index in [2.05, 4.69) is 10.4 Å². The van der Waals surface area contributed by atoms with E-state index in [1.807, 2.05) is 0 Å². The van der Waals surface area contributed by atoms with Gasteiger partial charge in [0.15, 0.2) is 5.92 Å². The molecule has 2 rings (SSSR count). The van der Waals surface area contributed by atoms with Gasteiger partial charge >= 0.3 is 0 Å². The molecule has 0 aliphatic rings. The van der Waals surface area contributed by atoms with E-state index < -0.39 is 17.6 Å². The summed E-state index contributed by atoms with van der Waals surface area (Å²) in [5, 5.41) is 16.3. The van der Waals surface area contributed by atoms with Gasteiger partial charge < -0.3 is 5.32 Å². The topological polar surface area (TPSA) is 87.8 Å². The van der Waals surface area contributed by atoms with Crippen LogP contribution in [0.3, 0.4) is 0 Å². The third kappa shape index (κ3) is 3.76. The number of nitrogens with zero attached hydrogens (tertiary/aromatic N) is 3. The first-order chi connectivity index (χ1) is 10.9. The van der Waals surface area contributed by atoms with Crippen LogP contribution in [0.4, 0.5) is 0 Å². The number of Topliss-reactive ketones (excluding diaryl/α,β-unsaturated/α-hetero) is 1. The van der Waals surface area contributed by atoms with Crippen molar-refractivity contribution in [3.05, 3.63) is 47.2 Å². The van der Waals surface area contributed by atoms with Crippen LogP contribution in [-0.2, 0) is 4.79 Å². The third-order valence-corrected chi connectivity index (χ3v) is 3.34. The minimum atomic E-state index is -1.42. The Morgan fingerprint density at radius 3 is 2.61 bits per heavy atom. The molecule has 0 fully saturated rings. The van der Waals surface area contributed by atoms with Gasteiger partial charge in [0.2, 0.25) is 11.7 Å². The lowest BCUT2D eigenvalue weighted by Crippen LogP contribution is -2.38. The van der Waals surface area contributed by atoms with Gasteiger partial charge in [-0.2, -0.15) is 10.4 Å². The van der Waals surface area contributed by atoms with Gasteiger partial charge in [0.25, 0.3) is 0 Å². The predicted octanol–water partition coefficient (Wildman–Crippen LogP) is 2.37. The Kier molecular flexibility index (Phi) is 5.14. The smallest absolute Gasteiger partial charge is 0.245 e. The molecule has 7 heteroatoms. The van der Waals surface area contributed by atoms with Gasteiger partial charge in [0, 0.05) is 12.2 Å². The second kappa shape index (κ2) is 7.07. The molecule has 0 saturated heterocycles. The highest BCUT2D eigenvalue weighted by molar-refractivity contribution is 6.32. The van der Waals surface area contributed by atoms with Crippen molar-refractivity contribution in [3.63, 3.8) is 0 Å². The number of amides is 1. The molecule has 118 valence electrons. The number of halogens is 1. The number of benzene rings is 1. The van der Waals surface area contributed by atoms with Gasteiger partial charge in [-0.05, 0) is 32.0 Å². The zero-order valence-corrected chi connectivity index (χ0v) is 13.4. The molecule has 1 aromatic heterocycles. The number of hydrogen-bond donors (Lipinski definition) is 1. The molecule has 1 heterocycles. The summed E-state index contributed by atoms with van der Waals surface area (Å²) < 4.78 is 1.43. The number of para-hydroxylation sites is 1. The molecule has 1 N–H and O–H groups in total. The maximum atomic E-state index is 12.3. The second-order valence-corrected chi connectivity index (χ2v) is 5.59. The molecule has 0 radical (unpaired) electrons. The molecule has 0 bridgehead atoms. The number of nitrogens with one attached hydrogen (secondary N) is 1. The molecular formula is C16H15ClN4O2. The van der Waals surface area contributed by atoms with Crippen LogP contribution in [-0.4, -0.2) is 27.5 Å². The summed E-state index contributed by atoms with van der Waals surface area (Å²) in [5.41, 5.74) is 0.642. The third-order valence-electron chi connectivity index (χ3n) is 3.03. The Hall–Kier alpha value is -2.65. The van der Waals surface area contributed by atoms with E-state index in [9.17, 15) is 9.59 Å². The van der Waals surface area contributed by atoms with Crippen molar-refractivity contribution >= 4 is 23.3 Å². The van der Waals surface area contributed by atoms with Crippen LogP contribution in [0.2, 0.25) is 5.02 Å². The number of aromatic nitrogens is 2. The van der Waals surface area contributed by atoms with Gasteiger partial charge in [-0.15, -0.1) is 0 Å². The predicted molar refractivity (Wildman–Crippen MR) is 85.3 cm³/mol. The summed E-state index contributed by atoms with van der Waals surface area (Å²) in [7, 11) is 0. The average molecular weight is 331 g/mol. The lowest BCUT2D eigenvalue weighted by molar-refractivity contribution is -0.122. The van der Waals surface area contributed by atoms with Crippen LogP contribution in [0, 0.1) is 17.2 Å². The van der Waals surface area contributed by atoms with Crippen LogP contribution in [0.5, 0.6) is 0 Å². The van der Waals surface area contributed by atoms with E-state index in [-0.39, 0.29) is 11.7 Å². The summed E-state index contributed by atoms with van der Waals surface area (Å²) in [5.74, 6) is -2.69. The van der Waals surface area contributed by atoms with Crippen LogP contribution < -0.4 is 5.32 Å². The van der Waals surface area contributed by atoms with Gasteiger partial charge in [-0.1, -0.05) is 23.7 Å². The highest BCUT2D eigenvalue weighted by Gasteiger charge is 2.29. The van der Waals surface area contributed by atoms with Crippen molar-refractivity contribution < 1.29 is 9.59 Å². The molecular weight excluding hydrogens is 316 g/mol. The maximum absolute atomic E-state index is 12.3. The molecule has 1 unspecified atom stereocenters. The molecule has 2 aromatic rings. The van der Waals surface area contributed by atoms with Gasteiger partial charge in [0.1, 0.15) is 5.69 Å². The molecule has 1 aromatic carbocycles. The van der Waals surface area contributed by atoms with E-state index in [0.717, 1.165) is 0 Å². The van der Waals surface area contributed by atoms with Crippen molar-refractivity contribution in [1.29, 1.82) is 5.26 Å². The van der Waals surface area contributed by atoms with Crippen LogP contribution in [0.25, 0.3) is 5.69 Å². The number of carbonyl (C=O) groups is 2. The summed E-state index contributed by atoms with van der Waals surface area (Å²) in [6.45, 7) is 3.51. The number of rotatable bonds is 5. The largest absolute Gasteiger partial charge is 0.352 e. The zero-order valence-electron chi connectivity index (χ0n) is 12.7. The summed E-state index contributed by atoms with van der Waals surface area (Å²) in [6, 6.07) is 10.0. The van der Waals surface area contributed by atoms with Crippen molar-refractivity contribution in [2.24, 2.45) is 5.92 Å². The van der Waals surface area contributed by atoms with Crippen LogP contribution in [0.1, 0.15) is 24.3 Å². The highest BCUT2D eigenvalue weighted by atomic mass is 35.5. The van der Waals surface area contributed by atoms with E-state index >= 15 is 0 Å². The Labute approximate surface area is 138 Å². The van der Waals surface area contributed by atoms with Gasteiger partial charge in [0.05, 0.1) is 16.8 Å². The molecule has 0 aliphatic carbocycles. The van der Waals surface area contributed by atoms with Crippen LogP contribution in [0.15, 0.2) is 36.5 Å². The molecule has 1 amide bonds. The molecule has 0 saturated carbocycles. The van der Waals surface area contributed by atoms with E-state index in [4.69, 9.17) is 16.9 Å². The first kappa shape index (κ1) is 16.7. The van der Waals surface area contributed by atoms with E-state index in [0.29, 0.717) is 10.7 Å². The number of ketones is 1. The summed E-state index contributed by atoms with van der Waals surface area (Å²) in [6.07, 6.45) is 1.56. The van der Waals surface area contributed by atoms with Crippen molar-refractivity contribution in [2.45, 2.75) is 19.9 Å². The maximum Gasteiger partial charge on any atom is 0.245 e. The normalized spacial score (nSPS) is 11.8. The SMILES string of the molecule is CC(C)NC(=O)C(C#N)C(=O)c1ccn(-c2ccccc2Cl)n1. The number of carbonyl (C=O) groups excluding carboxylic acids is 2. The quantitative estimate of drug-likeness (QED) is 0.673. The fraction of sp³-hybridized carbons (Fsp3) is 0.250. The highest BCUT2D eigenvalue weighted by Crippen LogP contribution is 2.19. The Morgan fingerprint density at radius 2 is 2.00 bits per heavy atom. The molecule has 6 nitrogen and oxygen atoms in total. The minimum Gasteiger partial charge on any atom is -0.352 e. The van der Waals surface area contributed by atoms with Crippen molar-refractivity contribution in [1.82, 2.24) is 15.1 Å². The first-order valence-electron chi connectivity index (χ1n) is 6.99. The number of hydrogen-bond acceptors (Lipinski definition) is 4. The molecule has 23 heavy (non-hydrogen) atoms. The summed E-state index contributed by atoms with van der Waals surface area (Å²) >= 11 is 6.08. The molecule has 0 aliphatic heterocycles. The monoisotopic (exact) mass is 330 g/mol. The van der Waals surface area contributed by atoms with Crippen molar-refractivity contribution in [3.8, 4) is 11.8 Å². The van der Waals surface area contributed by atoms with Crippen molar-refractivity contribution in [2.75, 3.05) is 0 Å². The fourth-order valence-corrected chi connectivity index (χ4v) is 2.20. The van der Waals surface area contributed by atoms with Gasteiger partial charge in [-0.25, -0.2) is 4.68 Å². The summed E-state index contributed by atoms with van der Waals surface area (Å²) in [4.78, 5) is 24.3. The number of nitriles is 1. The molecule has 1 atom stereocenters.